The fourth-order valence-electron chi connectivity index (χ4n) is 2.56. The van der Waals surface area contributed by atoms with Crippen LogP contribution < -0.4 is 9.97 Å². The molecule has 1 aliphatic heterocycles. The highest BCUT2D eigenvalue weighted by molar-refractivity contribution is 6.47. The number of ether oxygens (including phenoxy) is 2. The van der Waals surface area contributed by atoms with Crippen molar-refractivity contribution in [3.05, 3.63) is 29.3 Å². The molecule has 8 nitrogen and oxygen atoms in total. The summed E-state index contributed by atoms with van der Waals surface area (Å²) in [5.41, 5.74) is 0.766. The van der Waals surface area contributed by atoms with E-state index in [4.69, 9.17) is 14.1 Å². The van der Waals surface area contributed by atoms with Gasteiger partial charge in [-0.15, -0.1) is 0 Å². The van der Waals surface area contributed by atoms with Crippen LogP contribution in [0.5, 0.6) is 5.75 Å². The van der Waals surface area contributed by atoms with E-state index in [0.29, 0.717) is 12.0 Å². The maximum Gasteiger partial charge on any atom is 0.547 e. The van der Waals surface area contributed by atoms with E-state index < -0.39 is 31.3 Å². The first-order valence-electron chi connectivity index (χ1n) is 8.90. The number of amides is 1. The highest BCUT2D eigenvalue weighted by Crippen LogP contribution is 2.31. The average Bonchev–Trinajstić information content (AvgIpc) is 2.61. The van der Waals surface area contributed by atoms with Crippen molar-refractivity contribution in [2.24, 2.45) is 5.92 Å². The summed E-state index contributed by atoms with van der Waals surface area (Å²) >= 11 is 0. The molecule has 1 heterocycles. The van der Waals surface area contributed by atoms with Crippen molar-refractivity contribution < 1.29 is 33.5 Å². The molecular weight excluding hydrogens is 353 g/mol. The molecular formula is C18H24BNO7. The Hall–Kier alpha value is -2.55. The van der Waals surface area contributed by atoms with E-state index in [0.717, 1.165) is 0 Å². The van der Waals surface area contributed by atoms with Gasteiger partial charge < -0.3 is 24.5 Å². The number of carbonyl (C=O) groups excluding carboxylic acids is 3. The van der Waals surface area contributed by atoms with Crippen molar-refractivity contribution >= 4 is 25.0 Å². The summed E-state index contributed by atoms with van der Waals surface area (Å²) in [6.45, 7) is 6.50. The number of hydrogen-bond donors (Lipinski definition) is 2. The molecule has 0 fully saturated rings. The largest absolute Gasteiger partial charge is 0.547 e. The number of carbonyl (C=O) groups is 3. The molecule has 0 aliphatic carbocycles. The van der Waals surface area contributed by atoms with Gasteiger partial charge in [0.05, 0.1) is 11.9 Å². The molecule has 1 unspecified atom stereocenters. The van der Waals surface area contributed by atoms with E-state index in [-0.39, 0.29) is 29.6 Å². The molecule has 1 aliphatic rings. The third-order valence-electron chi connectivity index (χ3n) is 4.03. The van der Waals surface area contributed by atoms with Crippen LogP contribution in [0.4, 0.5) is 0 Å². The van der Waals surface area contributed by atoms with Crippen LogP contribution in [0.3, 0.4) is 0 Å². The topological polar surface area (TPSA) is 111 Å². The van der Waals surface area contributed by atoms with E-state index >= 15 is 0 Å². The predicted molar refractivity (Wildman–Crippen MR) is 96.8 cm³/mol. The lowest BCUT2D eigenvalue weighted by Gasteiger charge is -2.29. The van der Waals surface area contributed by atoms with Crippen LogP contribution >= 0.6 is 0 Å². The van der Waals surface area contributed by atoms with E-state index in [9.17, 15) is 19.4 Å². The Morgan fingerprint density at radius 3 is 2.63 bits per heavy atom. The Morgan fingerprint density at radius 2 is 2.00 bits per heavy atom. The van der Waals surface area contributed by atoms with Crippen LogP contribution in [0.25, 0.3) is 0 Å². The molecule has 0 radical (unpaired) electrons. The Labute approximate surface area is 158 Å². The van der Waals surface area contributed by atoms with Gasteiger partial charge >= 0.3 is 19.1 Å². The fraction of sp³-hybridized carbons (Fsp3) is 0.500. The van der Waals surface area contributed by atoms with Crippen LogP contribution in [0.2, 0.25) is 0 Å². The summed E-state index contributed by atoms with van der Waals surface area (Å²) in [5, 5.41) is 12.9. The van der Waals surface area contributed by atoms with E-state index in [1.54, 1.807) is 32.9 Å². The standard InChI is InChI=1S/C18H24BNO7/c1-5-15(21)20-14-9-12-7-6-8-13(16(12)27-19(14)24)18(23)26-11(4)25-17(22)10(2)3/h6-8,10-11,14,24H,5,9H2,1-4H3,(H,20,21)/t11?,14-/m0/s1. The lowest BCUT2D eigenvalue weighted by molar-refractivity contribution is -0.169. The molecule has 2 N–H and O–H groups in total. The van der Waals surface area contributed by atoms with Gasteiger partial charge in [-0.2, -0.15) is 0 Å². The summed E-state index contributed by atoms with van der Waals surface area (Å²) < 4.78 is 15.7. The number of rotatable bonds is 6. The normalized spacial score (nSPS) is 16.8. The molecule has 2 atom stereocenters. The smallest absolute Gasteiger partial charge is 0.534 e. The zero-order valence-corrected chi connectivity index (χ0v) is 15.9. The van der Waals surface area contributed by atoms with Crippen LogP contribution in [-0.2, 0) is 25.5 Å². The summed E-state index contributed by atoms with van der Waals surface area (Å²) in [6.07, 6.45) is -0.468. The minimum absolute atomic E-state index is 0.110. The summed E-state index contributed by atoms with van der Waals surface area (Å²) in [5.74, 6) is -2.18. The second-order valence-electron chi connectivity index (χ2n) is 6.60. The Balaban J connectivity index is 2.12. The third kappa shape index (κ3) is 5.23. The van der Waals surface area contributed by atoms with Gasteiger partial charge in [0.2, 0.25) is 12.2 Å². The van der Waals surface area contributed by atoms with Gasteiger partial charge in [-0.1, -0.05) is 32.9 Å². The van der Waals surface area contributed by atoms with Gasteiger partial charge in [-0.05, 0) is 18.1 Å². The second-order valence-corrected chi connectivity index (χ2v) is 6.60. The van der Waals surface area contributed by atoms with Gasteiger partial charge in [0.15, 0.2) is 0 Å². The summed E-state index contributed by atoms with van der Waals surface area (Å²) in [6, 6.07) is 4.89. The molecule has 27 heavy (non-hydrogen) atoms. The molecule has 0 saturated carbocycles. The Bertz CT molecular complexity index is 722. The highest BCUT2D eigenvalue weighted by Gasteiger charge is 2.37. The van der Waals surface area contributed by atoms with E-state index in [2.05, 4.69) is 5.32 Å². The van der Waals surface area contributed by atoms with E-state index in [1.807, 2.05) is 0 Å². The van der Waals surface area contributed by atoms with Gasteiger partial charge in [0.25, 0.3) is 0 Å². The van der Waals surface area contributed by atoms with Crippen molar-refractivity contribution in [1.82, 2.24) is 5.32 Å². The van der Waals surface area contributed by atoms with Crippen molar-refractivity contribution in [2.45, 2.75) is 52.8 Å². The lowest BCUT2D eigenvalue weighted by Crippen LogP contribution is -2.53. The number of fused-ring (bicyclic) bond motifs is 1. The number of para-hydroxylation sites is 1. The second kappa shape index (κ2) is 8.90. The Morgan fingerprint density at radius 1 is 1.30 bits per heavy atom. The van der Waals surface area contributed by atoms with Crippen LogP contribution in [0.15, 0.2) is 18.2 Å². The predicted octanol–water partition coefficient (Wildman–Crippen LogP) is 1.24. The van der Waals surface area contributed by atoms with Crippen molar-refractivity contribution in [3.8, 4) is 5.75 Å². The van der Waals surface area contributed by atoms with Crippen LogP contribution in [0.1, 0.15) is 50.0 Å². The van der Waals surface area contributed by atoms with Crippen molar-refractivity contribution in [1.29, 1.82) is 0 Å². The molecule has 0 spiro atoms. The number of hydrogen-bond acceptors (Lipinski definition) is 7. The first-order valence-corrected chi connectivity index (χ1v) is 8.90. The average molecular weight is 377 g/mol. The van der Waals surface area contributed by atoms with Crippen LogP contribution in [-0.4, -0.2) is 42.2 Å². The molecule has 1 aromatic rings. The van der Waals surface area contributed by atoms with Gasteiger partial charge in [0, 0.05) is 13.3 Å². The maximum absolute atomic E-state index is 12.4. The molecule has 0 saturated heterocycles. The molecule has 0 aromatic heterocycles. The number of esters is 2. The first kappa shape index (κ1) is 20.8. The monoisotopic (exact) mass is 377 g/mol. The highest BCUT2D eigenvalue weighted by atomic mass is 16.7. The number of nitrogens with one attached hydrogen (secondary N) is 1. The molecule has 1 amide bonds. The third-order valence-corrected chi connectivity index (χ3v) is 4.03. The minimum Gasteiger partial charge on any atom is -0.534 e. The van der Waals surface area contributed by atoms with Gasteiger partial charge in [-0.3, -0.25) is 9.59 Å². The molecule has 2 rings (SSSR count). The van der Waals surface area contributed by atoms with Crippen LogP contribution in [0, 0.1) is 5.92 Å². The SMILES string of the molecule is CCC(=O)N[C@H]1Cc2cccc(C(=O)OC(C)OC(=O)C(C)C)c2OB1O. The van der Waals surface area contributed by atoms with Crippen molar-refractivity contribution in [2.75, 3.05) is 0 Å². The molecule has 146 valence electrons. The van der Waals surface area contributed by atoms with Crippen molar-refractivity contribution in [3.63, 3.8) is 0 Å². The molecule has 0 bridgehead atoms. The molecule has 9 heteroatoms. The maximum atomic E-state index is 12.4. The fourth-order valence-corrected chi connectivity index (χ4v) is 2.56. The minimum atomic E-state index is -1.29. The summed E-state index contributed by atoms with van der Waals surface area (Å²) in [4.78, 5) is 35.6. The molecule has 1 aromatic carbocycles. The zero-order valence-electron chi connectivity index (χ0n) is 15.9. The van der Waals surface area contributed by atoms with Gasteiger partial charge in [-0.25, -0.2) is 4.79 Å². The lowest BCUT2D eigenvalue weighted by atomic mass is 9.72. The van der Waals surface area contributed by atoms with Gasteiger partial charge in [0.1, 0.15) is 11.3 Å². The Kier molecular flexibility index (Phi) is 6.84. The summed E-state index contributed by atoms with van der Waals surface area (Å²) in [7, 11) is -1.29. The quantitative estimate of drug-likeness (QED) is 0.436. The first-order chi connectivity index (χ1) is 12.7. The number of benzene rings is 1. The zero-order chi connectivity index (χ0) is 20.1. The van der Waals surface area contributed by atoms with E-state index in [1.165, 1.54) is 13.0 Å².